The van der Waals surface area contributed by atoms with Crippen molar-refractivity contribution in [3.8, 4) is 0 Å². The second-order valence-electron chi connectivity index (χ2n) is 31.0. The number of amides is 4. The van der Waals surface area contributed by atoms with E-state index in [0.717, 1.165) is 27.7 Å². The first-order valence-electron chi connectivity index (χ1n) is 38.7. The van der Waals surface area contributed by atoms with Gasteiger partial charge in [-0.3, -0.25) is 19.2 Å². The van der Waals surface area contributed by atoms with Gasteiger partial charge in [0.2, 0.25) is 23.6 Å². The summed E-state index contributed by atoms with van der Waals surface area (Å²) >= 11 is 0. The zero-order chi connectivity index (χ0) is 91.4. The van der Waals surface area contributed by atoms with Gasteiger partial charge in [-0.1, -0.05) is 0 Å². The molecule has 47 atom stereocenters. The molecule has 4 amide bonds. The minimum absolute atomic E-state index is 0.783. The van der Waals surface area contributed by atoms with E-state index in [1.54, 1.807) is 0 Å². The summed E-state index contributed by atoms with van der Waals surface area (Å²) in [4.78, 5) is 78.8. The van der Waals surface area contributed by atoms with Gasteiger partial charge < -0.3 is 245 Å². The zero-order valence-electron chi connectivity index (χ0n) is 66.0. The molecule has 9 aliphatic rings. The third-order valence-electron chi connectivity index (χ3n) is 22.3. The normalized spacial score (nSPS) is 46.6. The van der Waals surface area contributed by atoms with Crippen molar-refractivity contribution in [2.24, 2.45) is 0 Å². The highest BCUT2D eigenvalue weighted by molar-refractivity contribution is 5.78. The van der Waals surface area contributed by atoms with E-state index in [4.69, 9.17) is 80.5 Å². The Hall–Kier alpha value is -4.90. The predicted octanol–water partition coefficient (Wildman–Crippen LogP) is -20.6. The van der Waals surface area contributed by atoms with Crippen LogP contribution in [0.1, 0.15) is 47.5 Å². The number of aliphatic hydroxyl groups is 26. The molecule has 710 valence electrons. The second-order valence-corrected chi connectivity index (χ2v) is 31.0. The number of carbonyl (C=O) groups excluding carboxylic acids is 4. The first-order valence-corrected chi connectivity index (χ1v) is 38.7. The van der Waals surface area contributed by atoms with Gasteiger partial charge in [0.05, 0.1) is 83.3 Å². The van der Waals surface area contributed by atoms with E-state index in [1.807, 2.05) is 0 Å². The maximum absolute atomic E-state index is 13.7. The van der Waals surface area contributed by atoms with Gasteiger partial charge in [-0.2, -0.15) is 0 Å². The van der Waals surface area contributed by atoms with Crippen LogP contribution in [-0.4, -0.2) is 519 Å². The lowest BCUT2D eigenvalue weighted by Crippen LogP contribution is -2.72. The van der Waals surface area contributed by atoms with E-state index in [9.17, 15) is 172 Å². The van der Waals surface area contributed by atoms with Gasteiger partial charge in [-0.25, -0.2) is 9.59 Å². The molecule has 9 saturated heterocycles. The number of carboxylic acid groups (broad SMARTS) is 2. The number of aliphatic hydroxyl groups excluding tert-OH is 26. The number of nitrogens with one attached hydrogen (secondary N) is 4. The number of hydrogen-bond acceptors (Lipinski definition) is 49. The molecular weight excluding hydrogens is 1690 g/mol. The van der Waals surface area contributed by atoms with Crippen LogP contribution in [0.5, 0.6) is 0 Å². The molecule has 0 spiro atoms. The fraction of sp³-hybridized carbons (Fsp3) is 0.912. The third-order valence-corrected chi connectivity index (χ3v) is 22.3. The minimum Gasteiger partial charge on any atom is -0.477 e. The largest absolute Gasteiger partial charge is 0.477 e. The number of hydrogen-bond donors (Lipinski definition) is 32. The summed E-state index contributed by atoms with van der Waals surface area (Å²) in [6, 6.07) is -7.98. The Balaban J connectivity index is 1.09. The molecule has 9 rings (SSSR count). The highest BCUT2D eigenvalue weighted by atomic mass is 16.8. The SMILES string of the molecule is CC(=O)N[C@H]1[C@H](OC[C@H]2O[C@@H](O[C@H]3[C@H](O)[C@@H](O)C(O)O[C@@H]3CO)[C@H](O)[C@@H](O[C@@H]3O[C@H](CO[C@]4(C(=O)O)C[C@H](O)[C@@H](NC(C)=O)[C@H]([C@H](O)[C@H](O)CO)O4)[C@@H](O)[C@H](O[C@@H]4O[C@H](CO)[C@H](O)[C@H](O[C@]5(C(=O)O)C[C@H](O)[C@@H](NC(C)=O)[C@H]([C@H](O)[C@H](O)CO)O5)[C@H]4O)[C@H]3NC(C)=O)[C@H]2O)O[C@H](CO)[C@@H](O[C@@H]2O[C@H](CO)[C@H](O)[C@H](O[C@@H]3O[C@@H](C)[C@@H](O)[C@@H](O)[C@@H]3O)[C@H]2O)[C@@H]1O. The maximum Gasteiger partial charge on any atom is 0.364 e. The van der Waals surface area contributed by atoms with Crippen LogP contribution in [0, 0.1) is 0 Å². The van der Waals surface area contributed by atoms with Crippen molar-refractivity contribution in [2.45, 2.75) is 335 Å². The lowest BCUT2D eigenvalue weighted by molar-refractivity contribution is -0.393. The molecule has 0 aromatic heterocycles. The van der Waals surface area contributed by atoms with Crippen molar-refractivity contribution in [3.05, 3.63) is 0 Å². The Bertz CT molecular complexity index is 3430. The van der Waals surface area contributed by atoms with Crippen molar-refractivity contribution in [1.82, 2.24) is 21.3 Å². The van der Waals surface area contributed by atoms with Crippen LogP contribution in [0.15, 0.2) is 0 Å². The Morgan fingerprint density at radius 2 is 0.724 bits per heavy atom. The molecule has 1 unspecified atom stereocenters. The van der Waals surface area contributed by atoms with Gasteiger partial charge in [0, 0.05) is 40.5 Å². The van der Waals surface area contributed by atoms with Crippen LogP contribution < -0.4 is 21.3 Å². The van der Waals surface area contributed by atoms with Gasteiger partial charge in [0.15, 0.2) is 44.0 Å². The Morgan fingerprint density at radius 1 is 0.358 bits per heavy atom. The van der Waals surface area contributed by atoms with Crippen molar-refractivity contribution < 1.29 is 252 Å². The molecule has 123 heavy (non-hydrogen) atoms. The Kier molecular flexibility index (Phi) is 35.8. The molecular formula is C68H112N4O51. The fourth-order valence-electron chi connectivity index (χ4n) is 15.7. The number of carboxylic acids is 2. The summed E-state index contributed by atoms with van der Waals surface area (Å²) in [6.45, 7) is -5.26. The number of rotatable bonds is 34. The molecule has 9 heterocycles. The predicted molar refractivity (Wildman–Crippen MR) is 376 cm³/mol. The summed E-state index contributed by atoms with van der Waals surface area (Å²) in [5, 5.41) is 321. The van der Waals surface area contributed by atoms with E-state index in [-0.39, 0.29) is 0 Å². The fourth-order valence-corrected chi connectivity index (χ4v) is 15.7. The molecule has 0 aliphatic carbocycles. The molecule has 0 radical (unpaired) electrons. The first kappa shape index (κ1) is 102. The lowest BCUT2D eigenvalue weighted by Gasteiger charge is -2.52. The average molecular weight is 1800 g/mol. The average Bonchev–Trinajstić information content (AvgIpc) is 1.18. The summed E-state index contributed by atoms with van der Waals surface area (Å²) in [6.07, 6.45) is -94.1. The van der Waals surface area contributed by atoms with Crippen LogP contribution in [0.2, 0.25) is 0 Å². The van der Waals surface area contributed by atoms with Crippen molar-refractivity contribution in [2.75, 3.05) is 52.9 Å². The van der Waals surface area contributed by atoms with Crippen molar-refractivity contribution in [3.63, 3.8) is 0 Å². The van der Waals surface area contributed by atoms with Crippen molar-refractivity contribution >= 4 is 35.6 Å². The van der Waals surface area contributed by atoms with E-state index in [2.05, 4.69) is 21.3 Å². The van der Waals surface area contributed by atoms with Crippen LogP contribution >= 0.6 is 0 Å². The summed E-state index contributed by atoms with van der Waals surface area (Å²) < 4.78 is 99.8. The van der Waals surface area contributed by atoms with Gasteiger partial charge >= 0.3 is 11.9 Å². The standard InChI is InChI=1S/C68H112N4O51/c1-16-35(87)43(95)46(98)61(109-16)120-55-38(90)25(10-75)111-62(47(55)99)116-50-28(13-78)113-59(33(42(50)94)71-19(4)81)107-14-29-41(93)56(48(100)63(115-29)117-51-27(12-77)110-58(102)45(97)44(51)96)119-60-34(72-20(5)82)52(40(92)30(114-60)15-108-67(65(103)104)6-21(83)31(69-17(2)79)53(121-67)36(88)23(85)8-73)118-64-49(101)57(39(91)26(11-76)112-64)123-68(66(105)106)7-22(84)32(70-18(3)80)54(122-68)37(89)24(86)9-74/h16,21-64,73-78,83-102H,6-15H2,1-5H3,(H,69,79)(H,70,80)(H,71,81)(H,72,82)(H,103,104)(H,105,106)/t16-,21-,22-,23+,24+,25+,26+,27+,28+,29+,30+,31+,32+,33+,34+,35+,36+,37+,38-,39-,40+,41-,42+,43+,44+,45+,46-,47+,48+,49+,50+,51+,52+,53+,54+,55-,56-,57-,58?,59+,60-,61-,62-,63-,64-,67+,68-/m0/s1. The smallest absolute Gasteiger partial charge is 0.364 e. The highest BCUT2D eigenvalue weighted by Crippen LogP contribution is 2.43. The van der Waals surface area contributed by atoms with Gasteiger partial charge in [-0.15, -0.1) is 0 Å². The van der Waals surface area contributed by atoms with E-state index >= 15 is 0 Å². The third kappa shape index (κ3) is 22.4. The second kappa shape index (κ2) is 43.2. The maximum atomic E-state index is 13.7. The quantitative estimate of drug-likeness (QED) is 0.0284. The topological polar surface area (TPSA) is 874 Å². The van der Waals surface area contributed by atoms with Crippen LogP contribution in [0.25, 0.3) is 0 Å². The minimum atomic E-state index is -3.45. The Morgan fingerprint density at radius 3 is 1.20 bits per heavy atom. The summed E-state index contributed by atoms with van der Waals surface area (Å²) in [5.74, 6) is -15.3. The first-order chi connectivity index (χ1) is 57.8. The lowest BCUT2D eigenvalue weighted by atomic mass is 9.88. The highest BCUT2D eigenvalue weighted by Gasteiger charge is 2.64. The number of carbonyl (C=O) groups is 6. The van der Waals surface area contributed by atoms with E-state index < -0.39 is 389 Å². The van der Waals surface area contributed by atoms with Gasteiger partial charge in [-0.05, 0) is 6.92 Å². The van der Waals surface area contributed by atoms with Crippen LogP contribution in [-0.2, 0) is 109 Å². The zero-order valence-corrected chi connectivity index (χ0v) is 66.0. The molecule has 55 nitrogen and oxygen atoms in total. The van der Waals surface area contributed by atoms with Crippen LogP contribution in [0.4, 0.5) is 0 Å². The monoisotopic (exact) mass is 1800 g/mol. The molecule has 0 aromatic rings. The molecule has 55 heteroatoms. The van der Waals surface area contributed by atoms with E-state index in [1.165, 1.54) is 6.92 Å². The molecule has 9 fully saturated rings. The molecule has 9 aliphatic heterocycles. The van der Waals surface area contributed by atoms with Gasteiger partial charge in [0.25, 0.3) is 11.6 Å². The molecule has 0 aromatic carbocycles. The molecule has 32 N–H and O–H groups in total. The number of ether oxygens (including phenoxy) is 17. The molecule has 0 saturated carbocycles. The van der Waals surface area contributed by atoms with Gasteiger partial charge in [0.1, 0.15) is 201 Å². The van der Waals surface area contributed by atoms with Crippen LogP contribution in [0.3, 0.4) is 0 Å². The summed E-state index contributed by atoms with van der Waals surface area (Å²) in [7, 11) is 0. The van der Waals surface area contributed by atoms with Crippen molar-refractivity contribution in [1.29, 1.82) is 0 Å². The number of aliphatic carboxylic acids is 2. The Labute approximate surface area is 694 Å². The van der Waals surface area contributed by atoms with E-state index in [0.29, 0.717) is 0 Å². The molecule has 0 bridgehead atoms. The summed E-state index contributed by atoms with van der Waals surface area (Å²) in [5.41, 5.74) is 0.